The van der Waals surface area contributed by atoms with Crippen LogP contribution in [0.2, 0.25) is 0 Å². The first-order chi connectivity index (χ1) is 12.6. The van der Waals surface area contributed by atoms with E-state index >= 15 is 0 Å². The van der Waals surface area contributed by atoms with E-state index in [4.69, 9.17) is 5.73 Å². The van der Waals surface area contributed by atoms with Gasteiger partial charge in [0.15, 0.2) is 0 Å². The molecule has 3 N–H and O–H groups in total. The van der Waals surface area contributed by atoms with Crippen molar-refractivity contribution in [1.82, 2.24) is 19.4 Å². The van der Waals surface area contributed by atoms with Gasteiger partial charge in [-0.05, 0) is 19.1 Å². The predicted molar refractivity (Wildman–Crippen MR) is 99.2 cm³/mol. The fourth-order valence-corrected chi connectivity index (χ4v) is 2.69. The minimum absolute atomic E-state index is 0.295. The third-order valence-corrected chi connectivity index (χ3v) is 4.04. The Morgan fingerprint density at radius 3 is 2.69 bits per heavy atom. The standard InChI is InChI=1S/C19H16N6O/c1-12-4-6-13(7-5-12)15-11-16-21-9-10-25(16)19(23-15)24-18-14(17(20)26)3-2-8-22-18/h2-11H,1H3,(H2,20,26)(H,22,23,24). The lowest BCUT2D eigenvalue weighted by atomic mass is 10.1. The number of imidazole rings is 1. The average molecular weight is 344 g/mol. The van der Waals surface area contributed by atoms with Crippen LogP contribution in [-0.2, 0) is 0 Å². The number of hydrogen-bond acceptors (Lipinski definition) is 5. The van der Waals surface area contributed by atoms with E-state index in [9.17, 15) is 4.79 Å². The molecule has 0 saturated heterocycles. The number of nitrogens with two attached hydrogens (primary N) is 1. The Hall–Kier alpha value is -3.74. The molecule has 0 aliphatic carbocycles. The molecule has 3 aromatic heterocycles. The molecule has 0 aliphatic heterocycles. The smallest absolute Gasteiger partial charge is 0.252 e. The summed E-state index contributed by atoms with van der Waals surface area (Å²) in [5.41, 5.74) is 9.38. The Kier molecular flexibility index (Phi) is 3.81. The summed E-state index contributed by atoms with van der Waals surface area (Å²) >= 11 is 0. The van der Waals surface area contributed by atoms with Crippen LogP contribution in [0.5, 0.6) is 0 Å². The van der Waals surface area contributed by atoms with Gasteiger partial charge < -0.3 is 11.1 Å². The molecular weight excluding hydrogens is 328 g/mol. The second-order valence-electron chi connectivity index (χ2n) is 5.88. The SMILES string of the molecule is Cc1ccc(-c2cc3nccn3c(Nc3ncccc3C(N)=O)n2)cc1. The van der Waals surface area contributed by atoms with Crippen LogP contribution in [-0.4, -0.2) is 25.3 Å². The van der Waals surface area contributed by atoms with Gasteiger partial charge in [-0.1, -0.05) is 29.8 Å². The van der Waals surface area contributed by atoms with Gasteiger partial charge in [0.05, 0.1) is 11.3 Å². The predicted octanol–water partition coefficient (Wildman–Crippen LogP) is 2.94. The van der Waals surface area contributed by atoms with E-state index in [1.54, 1.807) is 35.1 Å². The van der Waals surface area contributed by atoms with Gasteiger partial charge >= 0.3 is 0 Å². The average Bonchev–Trinajstić information content (AvgIpc) is 3.11. The summed E-state index contributed by atoms with van der Waals surface area (Å²) in [6.07, 6.45) is 5.06. The second kappa shape index (κ2) is 6.29. The van der Waals surface area contributed by atoms with Crippen LogP contribution in [0.4, 0.5) is 11.8 Å². The number of benzene rings is 1. The van der Waals surface area contributed by atoms with Crippen LogP contribution in [0.1, 0.15) is 15.9 Å². The first-order valence-electron chi connectivity index (χ1n) is 8.05. The highest BCUT2D eigenvalue weighted by Crippen LogP contribution is 2.24. The van der Waals surface area contributed by atoms with Crippen molar-refractivity contribution in [2.24, 2.45) is 5.73 Å². The molecule has 7 nitrogen and oxygen atoms in total. The molecule has 0 bridgehead atoms. The van der Waals surface area contributed by atoms with Gasteiger partial charge in [0.25, 0.3) is 5.91 Å². The Bertz CT molecular complexity index is 1100. The molecule has 0 unspecified atom stereocenters. The van der Waals surface area contributed by atoms with Gasteiger partial charge in [-0.2, -0.15) is 0 Å². The van der Waals surface area contributed by atoms with Crippen molar-refractivity contribution in [3.8, 4) is 11.3 Å². The third kappa shape index (κ3) is 2.86. The number of amides is 1. The van der Waals surface area contributed by atoms with E-state index < -0.39 is 5.91 Å². The number of carbonyl (C=O) groups excluding carboxylic acids is 1. The van der Waals surface area contributed by atoms with Crippen molar-refractivity contribution in [1.29, 1.82) is 0 Å². The lowest BCUT2D eigenvalue weighted by molar-refractivity contribution is 0.100. The van der Waals surface area contributed by atoms with Crippen molar-refractivity contribution in [2.45, 2.75) is 6.92 Å². The molecule has 0 fully saturated rings. The lowest BCUT2D eigenvalue weighted by Gasteiger charge is -2.12. The van der Waals surface area contributed by atoms with Crippen molar-refractivity contribution < 1.29 is 4.79 Å². The summed E-state index contributed by atoms with van der Waals surface area (Å²) in [7, 11) is 0. The Morgan fingerprint density at radius 1 is 1.12 bits per heavy atom. The highest BCUT2D eigenvalue weighted by Gasteiger charge is 2.13. The van der Waals surface area contributed by atoms with E-state index in [-0.39, 0.29) is 0 Å². The minimum Gasteiger partial charge on any atom is -0.365 e. The first-order valence-corrected chi connectivity index (χ1v) is 8.05. The molecule has 1 amide bonds. The van der Waals surface area contributed by atoms with E-state index in [0.29, 0.717) is 17.3 Å². The van der Waals surface area contributed by atoms with E-state index in [1.165, 1.54) is 5.56 Å². The Balaban J connectivity index is 1.83. The summed E-state index contributed by atoms with van der Waals surface area (Å²) in [6, 6.07) is 13.3. The molecule has 1 aromatic carbocycles. The van der Waals surface area contributed by atoms with Gasteiger partial charge in [0, 0.05) is 30.2 Å². The van der Waals surface area contributed by atoms with Crippen LogP contribution in [0, 0.1) is 6.92 Å². The van der Waals surface area contributed by atoms with Crippen LogP contribution in [0.25, 0.3) is 16.9 Å². The number of pyridine rings is 1. The third-order valence-electron chi connectivity index (χ3n) is 4.04. The molecule has 0 spiro atoms. The van der Waals surface area contributed by atoms with Gasteiger partial charge in [0.1, 0.15) is 11.5 Å². The number of carbonyl (C=O) groups is 1. The minimum atomic E-state index is -0.558. The maximum Gasteiger partial charge on any atom is 0.252 e. The number of nitrogens with zero attached hydrogens (tertiary/aromatic N) is 4. The topological polar surface area (TPSA) is 98.2 Å². The summed E-state index contributed by atoms with van der Waals surface area (Å²) in [6.45, 7) is 2.04. The summed E-state index contributed by atoms with van der Waals surface area (Å²) < 4.78 is 1.79. The van der Waals surface area contributed by atoms with Gasteiger partial charge in [0.2, 0.25) is 5.95 Å². The van der Waals surface area contributed by atoms with Gasteiger partial charge in [-0.15, -0.1) is 0 Å². The van der Waals surface area contributed by atoms with Crippen molar-refractivity contribution in [3.63, 3.8) is 0 Å². The van der Waals surface area contributed by atoms with E-state index in [0.717, 1.165) is 16.9 Å². The van der Waals surface area contributed by atoms with Crippen molar-refractivity contribution in [2.75, 3.05) is 5.32 Å². The normalized spacial score (nSPS) is 10.8. The number of hydrogen-bond donors (Lipinski definition) is 2. The zero-order chi connectivity index (χ0) is 18.1. The Labute approximate surface area is 149 Å². The molecule has 0 atom stereocenters. The van der Waals surface area contributed by atoms with Gasteiger partial charge in [-0.25, -0.2) is 15.0 Å². The second-order valence-corrected chi connectivity index (χ2v) is 5.88. The zero-order valence-corrected chi connectivity index (χ0v) is 14.0. The molecule has 26 heavy (non-hydrogen) atoms. The van der Waals surface area contributed by atoms with Crippen molar-refractivity contribution >= 4 is 23.3 Å². The van der Waals surface area contributed by atoms with Gasteiger partial charge in [-0.3, -0.25) is 9.20 Å². The molecule has 4 rings (SSSR count). The van der Waals surface area contributed by atoms with Crippen LogP contribution < -0.4 is 11.1 Å². The lowest BCUT2D eigenvalue weighted by Crippen LogP contribution is -2.15. The molecule has 3 heterocycles. The molecule has 0 saturated carbocycles. The monoisotopic (exact) mass is 344 g/mol. The number of aryl methyl sites for hydroxylation is 1. The van der Waals surface area contributed by atoms with Crippen LogP contribution >= 0.6 is 0 Å². The molecular formula is C19H16N6O. The highest BCUT2D eigenvalue weighted by molar-refractivity contribution is 5.98. The first kappa shape index (κ1) is 15.8. The summed E-state index contributed by atoms with van der Waals surface area (Å²) in [5, 5.41) is 3.10. The number of aromatic nitrogens is 4. The fraction of sp³-hybridized carbons (Fsp3) is 0.0526. The van der Waals surface area contributed by atoms with Crippen LogP contribution in [0.3, 0.4) is 0 Å². The van der Waals surface area contributed by atoms with E-state index in [1.807, 2.05) is 37.3 Å². The molecule has 4 aromatic rings. The summed E-state index contributed by atoms with van der Waals surface area (Å²) in [5.74, 6) is 0.289. The maximum atomic E-state index is 11.6. The molecule has 7 heteroatoms. The number of anilines is 2. The quantitative estimate of drug-likeness (QED) is 0.593. The Morgan fingerprint density at radius 2 is 1.92 bits per heavy atom. The number of primary amides is 1. The zero-order valence-electron chi connectivity index (χ0n) is 14.0. The van der Waals surface area contributed by atoms with E-state index in [2.05, 4.69) is 20.3 Å². The number of nitrogens with one attached hydrogen (secondary N) is 1. The molecule has 128 valence electrons. The number of fused-ring (bicyclic) bond motifs is 1. The molecule has 0 radical (unpaired) electrons. The summed E-state index contributed by atoms with van der Waals surface area (Å²) in [4.78, 5) is 24.9. The highest BCUT2D eigenvalue weighted by atomic mass is 16.1. The maximum absolute atomic E-state index is 11.6. The largest absolute Gasteiger partial charge is 0.365 e. The number of rotatable bonds is 4. The van der Waals surface area contributed by atoms with Crippen LogP contribution in [0.15, 0.2) is 61.1 Å². The van der Waals surface area contributed by atoms with Crippen molar-refractivity contribution in [3.05, 3.63) is 72.2 Å². The molecule has 0 aliphatic rings. The fourth-order valence-electron chi connectivity index (χ4n) is 2.69.